The molecule has 6 heteroatoms. The van der Waals surface area contributed by atoms with Gasteiger partial charge in [0.15, 0.2) is 0 Å². The molecule has 134 valence electrons. The molecule has 3 aliphatic rings. The van der Waals surface area contributed by atoms with Crippen LogP contribution in [0, 0.1) is 11.8 Å². The molecule has 0 radical (unpaired) electrons. The maximum atomic E-state index is 12.5. The monoisotopic (exact) mass is 335 g/mol. The van der Waals surface area contributed by atoms with Gasteiger partial charge in [0.1, 0.15) is 6.54 Å². The lowest BCUT2D eigenvalue weighted by Crippen LogP contribution is -2.57. The minimum Gasteiger partial charge on any atom is -0.347 e. The zero-order valence-corrected chi connectivity index (χ0v) is 15.1. The zero-order valence-electron chi connectivity index (χ0n) is 15.1. The standard InChI is InChI=1S/C18H29N3O3/c1-13-10-14(11-13)17(24)20-8-6-18(7-9-20)5-4-15(22)21(18)12-16(23)19(2)3/h13-14H,4-12H2,1-3H3. The SMILES string of the molecule is CC1CC(C(=O)N2CCC3(CCC(=O)N3CC(=O)N(C)C)CC2)C1. The second kappa shape index (κ2) is 6.37. The number of carbonyl (C=O) groups is 3. The number of carbonyl (C=O) groups excluding carboxylic acids is 3. The van der Waals surface area contributed by atoms with E-state index in [-0.39, 0.29) is 29.8 Å². The zero-order chi connectivity index (χ0) is 17.5. The van der Waals surface area contributed by atoms with Gasteiger partial charge >= 0.3 is 0 Å². The number of nitrogens with zero attached hydrogens (tertiary/aromatic N) is 3. The minimum atomic E-state index is -0.216. The lowest BCUT2D eigenvalue weighted by Gasteiger charge is -2.46. The van der Waals surface area contributed by atoms with Crippen LogP contribution in [0.25, 0.3) is 0 Å². The molecular weight excluding hydrogens is 306 g/mol. The molecule has 0 bridgehead atoms. The van der Waals surface area contributed by atoms with Gasteiger partial charge in [-0.3, -0.25) is 14.4 Å². The molecule has 1 saturated carbocycles. The molecule has 0 aromatic carbocycles. The first kappa shape index (κ1) is 17.2. The van der Waals surface area contributed by atoms with Crippen LogP contribution in [-0.2, 0) is 14.4 Å². The number of likely N-dealkylation sites (N-methyl/N-ethyl adjacent to an activating group) is 1. The van der Waals surface area contributed by atoms with E-state index in [9.17, 15) is 14.4 Å². The molecular formula is C18H29N3O3. The average Bonchev–Trinajstić information content (AvgIpc) is 2.81. The quantitative estimate of drug-likeness (QED) is 0.776. The van der Waals surface area contributed by atoms with E-state index in [2.05, 4.69) is 6.92 Å². The topological polar surface area (TPSA) is 60.9 Å². The number of rotatable bonds is 3. The van der Waals surface area contributed by atoms with E-state index >= 15 is 0 Å². The molecule has 3 fully saturated rings. The Kier molecular flexibility index (Phi) is 4.58. The van der Waals surface area contributed by atoms with Crippen LogP contribution in [0.1, 0.15) is 45.4 Å². The van der Waals surface area contributed by atoms with Crippen LogP contribution in [0.5, 0.6) is 0 Å². The lowest BCUT2D eigenvalue weighted by atomic mass is 9.75. The normalized spacial score (nSPS) is 28.9. The summed E-state index contributed by atoms with van der Waals surface area (Å²) in [4.78, 5) is 42.2. The molecule has 3 amide bonds. The van der Waals surface area contributed by atoms with Crippen molar-refractivity contribution < 1.29 is 14.4 Å². The van der Waals surface area contributed by atoms with Crippen LogP contribution in [0.2, 0.25) is 0 Å². The van der Waals surface area contributed by atoms with E-state index in [0.717, 1.165) is 32.1 Å². The molecule has 0 atom stereocenters. The third kappa shape index (κ3) is 3.03. The summed E-state index contributed by atoms with van der Waals surface area (Å²) in [6, 6.07) is 0. The van der Waals surface area contributed by atoms with Crippen molar-refractivity contribution >= 4 is 17.7 Å². The summed E-state index contributed by atoms with van der Waals surface area (Å²) in [5, 5.41) is 0. The summed E-state index contributed by atoms with van der Waals surface area (Å²) in [5.41, 5.74) is -0.216. The van der Waals surface area contributed by atoms with Gasteiger partial charge in [0.25, 0.3) is 0 Å². The minimum absolute atomic E-state index is 0.0356. The Labute approximate surface area is 144 Å². The van der Waals surface area contributed by atoms with E-state index in [4.69, 9.17) is 0 Å². The molecule has 0 unspecified atom stereocenters. The first-order valence-corrected chi connectivity index (χ1v) is 9.12. The maximum absolute atomic E-state index is 12.5. The Morgan fingerprint density at radius 2 is 1.79 bits per heavy atom. The van der Waals surface area contributed by atoms with Crippen LogP contribution >= 0.6 is 0 Å². The second-order valence-electron chi connectivity index (χ2n) is 8.09. The van der Waals surface area contributed by atoms with Crippen molar-refractivity contribution in [3.05, 3.63) is 0 Å². The molecule has 2 heterocycles. The third-order valence-electron chi connectivity index (χ3n) is 6.20. The largest absolute Gasteiger partial charge is 0.347 e. The fraction of sp³-hybridized carbons (Fsp3) is 0.833. The van der Waals surface area contributed by atoms with Gasteiger partial charge in [-0.2, -0.15) is 0 Å². The van der Waals surface area contributed by atoms with Gasteiger partial charge in [0.05, 0.1) is 0 Å². The van der Waals surface area contributed by atoms with E-state index in [0.29, 0.717) is 31.3 Å². The fourth-order valence-corrected chi connectivity index (χ4v) is 4.43. The van der Waals surface area contributed by atoms with Crippen LogP contribution in [0.15, 0.2) is 0 Å². The number of hydrogen-bond acceptors (Lipinski definition) is 3. The summed E-state index contributed by atoms with van der Waals surface area (Å²) in [6.45, 7) is 3.78. The Bertz CT molecular complexity index is 532. The first-order valence-electron chi connectivity index (χ1n) is 9.12. The van der Waals surface area contributed by atoms with Gasteiger partial charge < -0.3 is 14.7 Å². The van der Waals surface area contributed by atoms with Gasteiger partial charge in [-0.15, -0.1) is 0 Å². The second-order valence-corrected chi connectivity index (χ2v) is 8.09. The highest BCUT2D eigenvalue weighted by Gasteiger charge is 2.48. The van der Waals surface area contributed by atoms with Gasteiger partial charge in [-0.1, -0.05) is 6.92 Å². The Balaban J connectivity index is 1.61. The lowest BCUT2D eigenvalue weighted by molar-refractivity contribution is -0.146. The average molecular weight is 335 g/mol. The van der Waals surface area contributed by atoms with Gasteiger partial charge in [-0.25, -0.2) is 0 Å². The first-order chi connectivity index (χ1) is 11.3. The summed E-state index contributed by atoms with van der Waals surface area (Å²) in [7, 11) is 3.44. The number of piperidine rings is 1. The smallest absolute Gasteiger partial charge is 0.241 e. The number of hydrogen-bond donors (Lipinski definition) is 0. The molecule has 2 saturated heterocycles. The van der Waals surface area contributed by atoms with Crippen LogP contribution in [-0.4, -0.2) is 71.7 Å². The molecule has 0 N–H and O–H groups in total. The van der Waals surface area contributed by atoms with Gasteiger partial charge in [-0.05, 0) is 38.0 Å². The van der Waals surface area contributed by atoms with Crippen LogP contribution in [0.3, 0.4) is 0 Å². The molecule has 2 aliphatic heterocycles. The molecule has 0 aromatic heterocycles. The highest BCUT2D eigenvalue weighted by atomic mass is 16.2. The summed E-state index contributed by atoms with van der Waals surface area (Å²) >= 11 is 0. The number of amides is 3. The van der Waals surface area contributed by atoms with Crippen molar-refractivity contribution in [3.8, 4) is 0 Å². The summed E-state index contributed by atoms with van der Waals surface area (Å²) in [5.74, 6) is 1.23. The van der Waals surface area contributed by atoms with Crippen LogP contribution in [0.4, 0.5) is 0 Å². The molecule has 0 aromatic rings. The molecule has 3 rings (SSSR count). The predicted octanol–water partition coefficient (Wildman–Crippen LogP) is 1.10. The predicted molar refractivity (Wildman–Crippen MR) is 90.1 cm³/mol. The summed E-state index contributed by atoms with van der Waals surface area (Å²) in [6.07, 6.45) is 4.97. The molecule has 6 nitrogen and oxygen atoms in total. The Morgan fingerprint density at radius 3 is 2.33 bits per heavy atom. The maximum Gasteiger partial charge on any atom is 0.241 e. The third-order valence-corrected chi connectivity index (χ3v) is 6.20. The Hall–Kier alpha value is -1.59. The van der Waals surface area contributed by atoms with Crippen molar-refractivity contribution in [2.24, 2.45) is 11.8 Å². The summed E-state index contributed by atoms with van der Waals surface area (Å²) < 4.78 is 0. The van der Waals surface area contributed by atoms with Crippen molar-refractivity contribution in [2.45, 2.75) is 51.0 Å². The Morgan fingerprint density at radius 1 is 1.17 bits per heavy atom. The van der Waals surface area contributed by atoms with E-state index < -0.39 is 0 Å². The van der Waals surface area contributed by atoms with E-state index in [1.165, 1.54) is 4.90 Å². The molecule has 1 spiro atoms. The van der Waals surface area contributed by atoms with E-state index in [1.54, 1.807) is 19.0 Å². The fourth-order valence-electron chi connectivity index (χ4n) is 4.43. The van der Waals surface area contributed by atoms with Crippen molar-refractivity contribution in [1.29, 1.82) is 0 Å². The molecule has 1 aliphatic carbocycles. The van der Waals surface area contributed by atoms with Crippen molar-refractivity contribution in [2.75, 3.05) is 33.7 Å². The molecule has 24 heavy (non-hydrogen) atoms. The van der Waals surface area contributed by atoms with Crippen molar-refractivity contribution in [1.82, 2.24) is 14.7 Å². The van der Waals surface area contributed by atoms with Crippen LogP contribution < -0.4 is 0 Å². The number of likely N-dealkylation sites (tertiary alicyclic amines) is 2. The van der Waals surface area contributed by atoms with Gasteiger partial charge in [0.2, 0.25) is 17.7 Å². The van der Waals surface area contributed by atoms with E-state index in [1.807, 2.05) is 4.90 Å². The highest BCUT2D eigenvalue weighted by molar-refractivity contribution is 5.87. The van der Waals surface area contributed by atoms with Crippen molar-refractivity contribution in [3.63, 3.8) is 0 Å². The highest BCUT2D eigenvalue weighted by Crippen LogP contribution is 2.41. The van der Waals surface area contributed by atoms with Gasteiger partial charge in [0, 0.05) is 45.1 Å².